The maximum absolute atomic E-state index is 11.9. The minimum Gasteiger partial charge on any atom is -0.299 e. The van der Waals surface area contributed by atoms with Gasteiger partial charge in [0.05, 0.1) is 5.92 Å². The van der Waals surface area contributed by atoms with E-state index < -0.39 is 0 Å². The number of ketones is 1. The fourth-order valence-corrected chi connectivity index (χ4v) is 2.33. The van der Waals surface area contributed by atoms with Crippen molar-refractivity contribution in [3.05, 3.63) is 69.7 Å². The normalized spacial score (nSPS) is 12.2. The summed E-state index contributed by atoms with van der Waals surface area (Å²) < 4.78 is 0. The topological polar surface area (TPSA) is 17.1 Å². The Morgan fingerprint density at radius 3 is 2.17 bits per heavy atom. The first-order valence-electron chi connectivity index (χ1n) is 5.59. The molecule has 0 N–H and O–H groups in total. The highest BCUT2D eigenvalue weighted by Gasteiger charge is 2.19. The minimum atomic E-state index is -0.291. The molecular weight excluding hydrogens is 267 g/mol. The summed E-state index contributed by atoms with van der Waals surface area (Å²) in [4.78, 5) is 11.9. The van der Waals surface area contributed by atoms with E-state index in [9.17, 15) is 4.79 Å². The van der Waals surface area contributed by atoms with Gasteiger partial charge in [0.2, 0.25) is 0 Å². The third-order valence-corrected chi connectivity index (χ3v) is 3.28. The second kappa shape index (κ2) is 5.55. The maximum Gasteiger partial charge on any atom is 0.141 e. The lowest BCUT2D eigenvalue weighted by molar-refractivity contribution is -0.117. The Bertz CT molecular complexity index is 561. The Morgan fingerprint density at radius 1 is 0.944 bits per heavy atom. The van der Waals surface area contributed by atoms with E-state index in [2.05, 4.69) is 0 Å². The van der Waals surface area contributed by atoms with Crippen LogP contribution in [0.3, 0.4) is 0 Å². The summed E-state index contributed by atoms with van der Waals surface area (Å²) in [5.74, 6) is -0.208. The fraction of sp³-hybridized carbons (Fsp3) is 0.133. The molecule has 0 heterocycles. The summed E-state index contributed by atoms with van der Waals surface area (Å²) in [6.45, 7) is 1.58. The highest BCUT2D eigenvalue weighted by atomic mass is 35.5. The molecule has 0 bridgehead atoms. The predicted octanol–water partition coefficient (Wildman–Crippen LogP) is 4.71. The van der Waals surface area contributed by atoms with E-state index in [4.69, 9.17) is 23.2 Å². The van der Waals surface area contributed by atoms with Crippen LogP contribution in [0.15, 0.2) is 48.5 Å². The van der Waals surface area contributed by atoms with Crippen LogP contribution in [0, 0.1) is 0 Å². The lowest BCUT2D eigenvalue weighted by Gasteiger charge is -2.15. The van der Waals surface area contributed by atoms with Gasteiger partial charge in [-0.25, -0.2) is 0 Å². The summed E-state index contributed by atoms with van der Waals surface area (Å²) in [6, 6.07) is 14.7. The van der Waals surface area contributed by atoms with Crippen molar-refractivity contribution in [2.45, 2.75) is 12.8 Å². The Balaban J connectivity index is 2.46. The molecule has 2 aromatic carbocycles. The third-order valence-electron chi connectivity index (χ3n) is 2.79. The van der Waals surface area contributed by atoms with Crippen LogP contribution in [0.4, 0.5) is 0 Å². The first kappa shape index (κ1) is 13.1. The number of benzene rings is 2. The lowest BCUT2D eigenvalue weighted by Crippen LogP contribution is -2.10. The van der Waals surface area contributed by atoms with Crippen LogP contribution in [0.2, 0.25) is 10.0 Å². The molecule has 1 atom stereocenters. The van der Waals surface area contributed by atoms with Gasteiger partial charge in [-0.15, -0.1) is 0 Å². The average molecular weight is 279 g/mol. The molecule has 0 saturated carbocycles. The van der Waals surface area contributed by atoms with E-state index in [1.807, 2.05) is 30.3 Å². The predicted molar refractivity (Wildman–Crippen MR) is 75.4 cm³/mol. The fourth-order valence-electron chi connectivity index (χ4n) is 2.00. The first-order chi connectivity index (χ1) is 8.58. The van der Waals surface area contributed by atoms with E-state index in [-0.39, 0.29) is 11.7 Å². The smallest absolute Gasteiger partial charge is 0.141 e. The van der Waals surface area contributed by atoms with Crippen LogP contribution in [-0.2, 0) is 4.79 Å². The van der Waals surface area contributed by atoms with Crippen LogP contribution < -0.4 is 0 Å². The van der Waals surface area contributed by atoms with Crippen LogP contribution in [0.25, 0.3) is 0 Å². The van der Waals surface area contributed by atoms with Gasteiger partial charge in [-0.1, -0.05) is 47.5 Å². The number of Topliss-reactive ketones (excluding diaryl/α,β-unsaturated/α-hetero) is 1. The molecule has 0 radical (unpaired) electrons. The van der Waals surface area contributed by atoms with Crippen LogP contribution in [0.5, 0.6) is 0 Å². The summed E-state index contributed by atoms with van der Waals surface area (Å²) in [5, 5.41) is 1.29. The molecule has 0 aliphatic carbocycles. The standard InChI is InChI=1S/C15H12Cl2O/c1-10(18)15(11-5-7-13(16)8-6-11)12-3-2-4-14(17)9-12/h2-9,15H,1H3. The van der Waals surface area contributed by atoms with Crippen LogP contribution in [0.1, 0.15) is 24.0 Å². The van der Waals surface area contributed by atoms with E-state index in [0.29, 0.717) is 10.0 Å². The molecule has 92 valence electrons. The summed E-state index contributed by atoms with van der Waals surface area (Å²) >= 11 is 11.8. The van der Waals surface area contributed by atoms with Gasteiger partial charge < -0.3 is 0 Å². The van der Waals surface area contributed by atoms with E-state index >= 15 is 0 Å². The van der Waals surface area contributed by atoms with Crippen molar-refractivity contribution >= 4 is 29.0 Å². The largest absolute Gasteiger partial charge is 0.299 e. The van der Waals surface area contributed by atoms with Gasteiger partial charge in [-0.05, 0) is 42.3 Å². The van der Waals surface area contributed by atoms with Crippen LogP contribution in [-0.4, -0.2) is 5.78 Å². The number of rotatable bonds is 3. The second-order valence-electron chi connectivity index (χ2n) is 4.15. The molecule has 18 heavy (non-hydrogen) atoms. The van der Waals surface area contributed by atoms with Gasteiger partial charge >= 0.3 is 0 Å². The van der Waals surface area contributed by atoms with Gasteiger partial charge in [0.25, 0.3) is 0 Å². The van der Waals surface area contributed by atoms with Gasteiger partial charge in [0.15, 0.2) is 0 Å². The molecular formula is C15H12Cl2O. The molecule has 1 nitrogen and oxygen atoms in total. The Kier molecular flexibility index (Phi) is 4.05. The first-order valence-corrected chi connectivity index (χ1v) is 6.35. The molecule has 2 aromatic rings. The molecule has 0 spiro atoms. The molecule has 0 aliphatic rings. The SMILES string of the molecule is CC(=O)C(c1ccc(Cl)cc1)c1cccc(Cl)c1. The van der Waals surface area contributed by atoms with Crippen molar-refractivity contribution in [1.29, 1.82) is 0 Å². The number of halogens is 2. The maximum atomic E-state index is 11.9. The molecule has 1 unspecified atom stereocenters. The second-order valence-corrected chi connectivity index (χ2v) is 5.02. The third kappa shape index (κ3) is 2.92. The van der Waals surface area contributed by atoms with Crippen LogP contribution >= 0.6 is 23.2 Å². The van der Waals surface area contributed by atoms with Crippen molar-refractivity contribution < 1.29 is 4.79 Å². The van der Waals surface area contributed by atoms with Crippen molar-refractivity contribution in [3.63, 3.8) is 0 Å². The Morgan fingerprint density at radius 2 is 1.61 bits per heavy atom. The highest BCUT2D eigenvalue weighted by molar-refractivity contribution is 6.31. The zero-order valence-corrected chi connectivity index (χ0v) is 11.4. The molecule has 0 saturated heterocycles. The molecule has 0 fully saturated rings. The average Bonchev–Trinajstić information content (AvgIpc) is 2.32. The van der Waals surface area contributed by atoms with Crippen molar-refractivity contribution in [2.24, 2.45) is 0 Å². The van der Waals surface area contributed by atoms with Gasteiger partial charge in [0.1, 0.15) is 5.78 Å². The van der Waals surface area contributed by atoms with Crippen molar-refractivity contribution in [2.75, 3.05) is 0 Å². The monoisotopic (exact) mass is 278 g/mol. The molecule has 0 amide bonds. The van der Waals surface area contributed by atoms with Gasteiger partial charge in [-0.2, -0.15) is 0 Å². The summed E-state index contributed by atoms with van der Waals surface area (Å²) in [7, 11) is 0. The molecule has 2 rings (SSSR count). The lowest BCUT2D eigenvalue weighted by atomic mass is 9.88. The number of carbonyl (C=O) groups excluding carboxylic acids is 1. The van der Waals surface area contributed by atoms with Gasteiger partial charge in [0, 0.05) is 10.0 Å². The summed E-state index contributed by atoms with van der Waals surface area (Å²) in [5.41, 5.74) is 1.83. The Hall–Kier alpha value is -1.31. The van der Waals surface area contributed by atoms with E-state index in [1.54, 1.807) is 25.1 Å². The van der Waals surface area contributed by atoms with Crippen molar-refractivity contribution in [1.82, 2.24) is 0 Å². The number of carbonyl (C=O) groups is 1. The zero-order chi connectivity index (χ0) is 13.1. The van der Waals surface area contributed by atoms with E-state index in [0.717, 1.165) is 11.1 Å². The summed E-state index contributed by atoms with van der Waals surface area (Å²) in [6.07, 6.45) is 0. The molecule has 0 aromatic heterocycles. The number of hydrogen-bond acceptors (Lipinski definition) is 1. The van der Waals surface area contributed by atoms with Gasteiger partial charge in [-0.3, -0.25) is 4.79 Å². The van der Waals surface area contributed by atoms with E-state index in [1.165, 1.54) is 0 Å². The molecule has 3 heteroatoms. The number of hydrogen-bond donors (Lipinski definition) is 0. The highest BCUT2D eigenvalue weighted by Crippen LogP contribution is 2.28. The Labute approximate surface area is 116 Å². The zero-order valence-electron chi connectivity index (χ0n) is 9.86. The van der Waals surface area contributed by atoms with Crippen molar-refractivity contribution in [3.8, 4) is 0 Å². The quantitative estimate of drug-likeness (QED) is 0.794. The minimum absolute atomic E-state index is 0.0830. The molecule has 0 aliphatic heterocycles.